The third-order valence-corrected chi connectivity index (χ3v) is 4.57. The van der Waals surface area contributed by atoms with Gasteiger partial charge in [0, 0.05) is 26.2 Å². The van der Waals surface area contributed by atoms with Gasteiger partial charge in [-0.15, -0.1) is 0 Å². The van der Waals surface area contributed by atoms with E-state index >= 15 is 0 Å². The monoisotopic (exact) mass is 240 g/mol. The van der Waals surface area contributed by atoms with E-state index in [9.17, 15) is 0 Å². The number of hydrogen-bond acceptors (Lipinski definition) is 3. The zero-order chi connectivity index (χ0) is 12.3. The number of piperidine rings is 1. The molecule has 1 N–H and O–H groups in total. The second-order valence-electron chi connectivity index (χ2n) is 6.08. The zero-order valence-corrected chi connectivity index (χ0v) is 11.6. The second-order valence-corrected chi connectivity index (χ2v) is 6.08. The Labute approximate surface area is 106 Å². The largest absolute Gasteiger partial charge is 0.380 e. The van der Waals surface area contributed by atoms with Crippen molar-refractivity contribution in [2.45, 2.75) is 45.3 Å². The summed E-state index contributed by atoms with van der Waals surface area (Å²) in [6.45, 7) is 9.55. The summed E-state index contributed by atoms with van der Waals surface area (Å²) >= 11 is 0. The van der Waals surface area contributed by atoms with Crippen LogP contribution in [0.15, 0.2) is 0 Å². The molecule has 2 heterocycles. The van der Waals surface area contributed by atoms with Crippen LogP contribution in [0.4, 0.5) is 0 Å². The van der Waals surface area contributed by atoms with E-state index in [2.05, 4.69) is 24.1 Å². The van der Waals surface area contributed by atoms with E-state index in [0.717, 1.165) is 18.4 Å². The standard InChI is InChI=1S/C14H28N2O/c1-11(2)12-4-6-16(7-5-12)10-13-8-14(17-3)9-15-13/h11-15H,4-10H2,1-3H3. The van der Waals surface area contributed by atoms with E-state index in [-0.39, 0.29) is 0 Å². The lowest BCUT2D eigenvalue weighted by Crippen LogP contribution is -2.42. The summed E-state index contributed by atoms with van der Waals surface area (Å²) in [6, 6.07) is 0.649. The first-order valence-electron chi connectivity index (χ1n) is 7.17. The highest BCUT2D eigenvalue weighted by Crippen LogP contribution is 2.25. The third kappa shape index (κ3) is 3.67. The van der Waals surface area contributed by atoms with Crippen LogP contribution in [-0.2, 0) is 4.74 Å². The molecule has 100 valence electrons. The van der Waals surface area contributed by atoms with E-state index in [4.69, 9.17) is 4.74 Å². The third-order valence-electron chi connectivity index (χ3n) is 4.57. The van der Waals surface area contributed by atoms with Gasteiger partial charge in [0.1, 0.15) is 0 Å². The average molecular weight is 240 g/mol. The molecular formula is C14H28N2O. The molecule has 2 rings (SSSR count). The lowest BCUT2D eigenvalue weighted by Gasteiger charge is -2.35. The predicted molar refractivity (Wildman–Crippen MR) is 71.2 cm³/mol. The molecule has 3 heteroatoms. The van der Waals surface area contributed by atoms with E-state index in [0.29, 0.717) is 12.1 Å². The molecule has 0 aromatic rings. The van der Waals surface area contributed by atoms with Gasteiger partial charge in [-0.05, 0) is 44.2 Å². The quantitative estimate of drug-likeness (QED) is 0.810. The zero-order valence-electron chi connectivity index (χ0n) is 11.6. The molecule has 0 aromatic heterocycles. The van der Waals surface area contributed by atoms with Crippen LogP contribution in [0.5, 0.6) is 0 Å². The summed E-state index contributed by atoms with van der Waals surface area (Å²) in [7, 11) is 1.82. The van der Waals surface area contributed by atoms with Crippen molar-refractivity contribution >= 4 is 0 Å². The van der Waals surface area contributed by atoms with E-state index < -0.39 is 0 Å². The normalized spacial score (nSPS) is 32.5. The van der Waals surface area contributed by atoms with Crippen LogP contribution in [0, 0.1) is 11.8 Å². The van der Waals surface area contributed by atoms with Gasteiger partial charge < -0.3 is 15.0 Å². The van der Waals surface area contributed by atoms with Gasteiger partial charge in [-0.2, -0.15) is 0 Å². The number of likely N-dealkylation sites (tertiary alicyclic amines) is 1. The lowest BCUT2D eigenvalue weighted by atomic mass is 9.86. The lowest BCUT2D eigenvalue weighted by molar-refractivity contribution is 0.112. The Morgan fingerprint density at radius 3 is 2.53 bits per heavy atom. The van der Waals surface area contributed by atoms with Crippen LogP contribution in [-0.4, -0.2) is 50.3 Å². The minimum Gasteiger partial charge on any atom is -0.380 e. The smallest absolute Gasteiger partial charge is 0.0711 e. The van der Waals surface area contributed by atoms with Crippen molar-refractivity contribution in [3.63, 3.8) is 0 Å². The average Bonchev–Trinajstić information content (AvgIpc) is 2.77. The number of methoxy groups -OCH3 is 1. The molecule has 0 radical (unpaired) electrons. The van der Waals surface area contributed by atoms with Gasteiger partial charge in [0.25, 0.3) is 0 Å². The molecule has 0 saturated carbocycles. The van der Waals surface area contributed by atoms with Gasteiger partial charge >= 0.3 is 0 Å². The molecule has 0 aromatic carbocycles. The Kier molecular flexibility index (Phi) is 4.83. The highest BCUT2D eigenvalue weighted by atomic mass is 16.5. The number of nitrogens with one attached hydrogen (secondary N) is 1. The maximum Gasteiger partial charge on any atom is 0.0711 e. The van der Waals surface area contributed by atoms with Crippen LogP contribution in [0.1, 0.15) is 33.1 Å². The van der Waals surface area contributed by atoms with Gasteiger partial charge in [-0.3, -0.25) is 0 Å². The molecule has 3 nitrogen and oxygen atoms in total. The Bertz CT molecular complexity index is 224. The summed E-state index contributed by atoms with van der Waals surface area (Å²) < 4.78 is 5.40. The number of rotatable bonds is 4. The Morgan fingerprint density at radius 2 is 2.00 bits per heavy atom. The number of ether oxygens (including phenoxy) is 1. The number of hydrogen-bond donors (Lipinski definition) is 1. The van der Waals surface area contributed by atoms with Crippen molar-refractivity contribution in [3.8, 4) is 0 Å². The number of nitrogens with zero attached hydrogens (tertiary/aromatic N) is 1. The summed E-state index contributed by atoms with van der Waals surface area (Å²) in [4.78, 5) is 2.63. The fraction of sp³-hybridized carbons (Fsp3) is 1.00. The van der Waals surface area contributed by atoms with Crippen molar-refractivity contribution in [1.29, 1.82) is 0 Å². The Morgan fingerprint density at radius 1 is 1.29 bits per heavy atom. The Hall–Kier alpha value is -0.120. The summed E-state index contributed by atoms with van der Waals surface area (Å²) in [6.07, 6.45) is 4.39. The first kappa shape index (κ1) is 13.3. The van der Waals surface area contributed by atoms with Crippen molar-refractivity contribution < 1.29 is 4.74 Å². The maximum atomic E-state index is 5.40. The molecule has 0 bridgehead atoms. The van der Waals surface area contributed by atoms with Crippen molar-refractivity contribution in [2.24, 2.45) is 11.8 Å². The molecule has 2 aliphatic heterocycles. The van der Waals surface area contributed by atoms with Crippen LogP contribution >= 0.6 is 0 Å². The molecule has 17 heavy (non-hydrogen) atoms. The van der Waals surface area contributed by atoms with Crippen LogP contribution < -0.4 is 5.32 Å². The van der Waals surface area contributed by atoms with Gasteiger partial charge in [0.2, 0.25) is 0 Å². The minimum atomic E-state index is 0.438. The van der Waals surface area contributed by atoms with Crippen LogP contribution in [0.2, 0.25) is 0 Å². The summed E-state index contributed by atoms with van der Waals surface area (Å²) in [5.41, 5.74) is 0. The van der Waals surface area contributed by atoms with E-state index in [1.165, 1.54) is 38.9 Å². The first-order valence-corrected chi connectivity index (χ1v) is 7.17. The van der Waals surface area contributed by atoms with Crippen LogP contribution in [0.25, 0.3) is 0 Å². The fourth-order valence-corrected chi connectivity index (χ4v) is 3.21. The molecule has 2 aliphatic rings. The van der Waals surface area contributed by atoms with E-state index in [1.54, 1.807) is 0 Å². The summed E-state index contributed by atoms with van der Waals surface area (Å²) in [5, 5.41) is 3.57. The van der Waals surface area contributed by atoms with Crippen LogP contribution in [0.3, 0.4) is 0 Å². The first-order chi connectivity index (χ1) is 8.19. The van der Waals surface area contributed by atoms with Gasteiger partial charge in [-0.25, -0.2) is 0 Å². The Balaban J connectivity index is 1.68. The molecule has 0 amide bonds. The van der Waals surface area contributed by atoms with Crippen molar-refractivity contribution in [2.75, 3.05) is 33.3 Å². The molecule has 0 spiro atoms. The highest BCUT2D eigenvalue weighted by Gasteiger charge is 2.27. The van der Waals surface area contributed by atoms with Gasteiger partial charge in [0.15, 0.2) is 0 Å². The molecule has 2 unspecified atom stereocenters. The minimum absolute atomic E-state index is 0.438. The highest BCUT2D eigenvalue weighted by molar-refractivity contribution is 4.86. The topological polar surface area (TPSA) is 24.5 Å². The fourth-order valence-electron chi connectivity index (χ4n) is 3.21. The second kappa shape index (κ2) is 6.17. The van der Waals surface area contributed by atoms with E-state index in [1.807, 2.05) is 7.11 Å². The van der Waals surface area contributed by atoms with Crippen molar-refractivity contribution in [3.05, 3.63) is 0 Å². The maximum absolute atomic E-state index is 5.40. The summed E-state index contributed by atoms with van der Waals surface area (Å²) in [5.74, 6) is 1.81. The molecular weight excluding hydrogens is 212 g/mol. The molecule has 2 fully saturated rings. The SMILES string of the molecule is COC1CNC(CN2CCC(C(C)C)CC2)C1. The van der Waals surface area contributed by atoms with Gasteiger partial charge in [0.05, 0.1) is 6.10 Å². The molecule has 2 atom stereocenters. The van der Waals surface area contributed by atoms with Crippen molar-refractivity contribution in [1.82, 2.24) is 10.2 Å². The molecule has 2 saturated heterocycles. The van der Waals surface area contributed by atoms with Gasteiger partial charge in [-0.1, -0.05) is 13.8 Å². The predicted octanol–water partition coefficient (Wildman–Crippen LogP) is 1.73. The molecule has 0 aliphatic carbocycles.